The van der Waals surface area contributed by atoms with Gasteiger partial charge in [0.05, 0.1) is 17.4 Å². The Hall–Kier alpha value is -2.60. The maximum atomic E-state index is 10.6. The highest BCUT2D eigenvalue weighted by molar-refractivity contribution is 5.61. The summed E-state index contributed by atoms with van der Waals surface area (Å²) in [4.78, 5) is 9.73. The van der Waals surface area contributed by atoms with E-state index in [0.29, 0.717) is 0 Å². The van der Waals surface area contributed by atoms with Crippen molar-refractivity contribution < 1.29 is 10.0 Å². The topological polar surface area (TPSA) is 111 Å². The summed E-state index contributed by atoms with van der Waals surface area (Å²) in [5, 5.41) is 37.0. The molecule has 74 valence electrons. The fourth-order valence-corrected chi connectivity index (χ4v) is 1.16. The Morgan fingerprint density at radius 1 is 1.47 bits per heavy atom. The van der Waals surface area contributed by atoms with Crippen molar-refractivity contribution in [2.24, 2.45) is 0 Å². The van der Waals surface area contributed by atoms with Crippen molar-refractivity contribution in [3.8, 4) is 17.9 Å². The quantitative estimate of drug-likeness (QED) is 0.574. The molecular weight excluding hydrogens is 198 g/mol. The molecule has 1 rings (SSSR count). The third kappa shape index (κ3) is 1.84. The summed E-state index contributed by atoms with van der Waals surface area (Å²) in [5.41, 5.74) is -0.670. The van der Waals surface area contributed by atoms with Crippen molar-refractivity contribution in [1.29, 1.82) is 10.5 Å². The number of phenolic OH excluding ortho intramolecular Hbond substituents is 1. The molecule has 0 saturated carbocycles. The lowest BCUT2D eigenvalue weighted by molar-refractivity contribution is -0.386. The van der Waals surface area contributed by atoms with E-state index in [9.17, 15) is 15.2 Å². The summed E-state index contributed by atoms with van der Waals surface area (Å²) in [6.07, 6.45) is -0.107. The molecule has 6 nitrogen and oxygen atoms in total. The van der Waals surface area contributed by atoms with Gasteiger partial charge in [-0.2, -0.15) is 10.5 Å². The molecule has 0 heterocycles. The van der Waals surface area contributed by atoms with Gasteiger partial charge < -0.3 is 5.11 Å². The van der Waals surface area contributed by atoms with Crippen LogP contribution in [0.1, 0.15) is 11.1 Å². The Bertz CT molecular complexity index is 497. The van der Waals surface area contributed by atoms with Gasteiger partial charge in [-0.05, 0) is 11.6 Å². The molecule has 6 heteroatoms. The Labute approximate surface area is 84.8 Å². The average Bonchev–Trinajstić information content (AvgIpc) is 2.19. The zero-order valence-electron chi connectivity index (χ0n) is 7.47. The van der Waals surface area contributed by atoms with Crippen LogP contribution in [0, 0.1) is 32.8 Å². The van der Waals surface area contributed by atoms with Crippen molar-refractivity contribution in [2.75, 3.05) is 0 Å². The van der Waals surface area contributed by atoms with Crippen LogP contribution in [0.4, 0.5) is 5.69 Å². The molecule has 15 heavy (non-hydrogen) atoms. The molecule has 0 fully saturated rings. The van der Waals surface area contributed by atoms with Gasteiger partial charge in [-0.1, -0.05) is 6.07 Å². The van der Waals surface area contributed by atoms with Crippen molar-refractivity contribution >= 4 is 5.69 Å². The third-order valence-corrected chi connectivity index (χ3v) is 1.81. The lowest BCUT2D eigenvalue weighted by atomic mass is 10.0. The maximum absolute atomic E-state index is 10.6. The van der Waals surface area contributed by atoms with Gasteiger partial charge in [-0.3, -0.25) is 10.1 Å². The van der Waals surface area contributed by atoms with Crippen LogP contribution in [-0.2, 0) is 6.42 Å². The molecule has 0 aliphatic carbocycles. The van der Waals surface area contributed by atoms with Crippen molar-refractivity contribution in [2.45, 2.75) is 6.42 Å². The average molecular weight is 203 g/mol. The van der Waals surface area contributed by atoms with Gasteiger partial charge >= 0.3 is 5.69 Å². The number of nitrogens with zero attached hydrogens (tertiary/aromatic N) is 3. The van der Waals surface area contributed by atoms with Crippen LogP contribution >= 0.6 is 0 Å². The Morgan fingerprint density at radius 3 is 2.60 bits per heavy atom. The number of rotatable bonds is 2. The second kappa shape index (κ2) is 4.07. The summed E-state index contributed by atoms with van der Waals surface area (Å²) in [7, 11) is 0. The summed E-state index contributed by atoms with van der Waals surface area (Å²) >= 11 is 0. The molecule has 1 aromatic carbocycles. The zero-order chi connectivity index (χ0) is 11.4. The number of hydrogen-bond donors (Lipinski definition) is 1. The molecule has 0 saturated heterocycles. The minimum atomic E-state index is -0.839. The van der Waals surface area contributed by atoms with E-state index in [1.165, 1.54) is 6.07 Å². The molecule has 0 aliphatic heterocycles. The van der Waals surface area contributed by atoms with E-state index in [1.807, 2.05) is 0 Å². The van der Waals surface area contributed by atoms with Crippen molar-refractivity contribution in [1.82, 2.24) is 0 Å². The number of phenols is 1. The third-order valence-electron chi connectivity index (χ3n) is 1.81. The van der Waals surface area contributed by atoms with Crippen LogP contribution < -0.4 is 0 Å². The van der Waals surface area contributed by atoms with E-state index < -0.39 is 16.4 Å². The molecule has 0 bridgehead atoms. The Kier molecular flexibility index (Phi) is 2.85. The first-order chi connectivity index (χ1) is 7.11. The summed E-state index contributed by atoms with van der Waals surface area (Å²) in [6, 6.07) is 5.83. The van der Waals surface area contributed by atoms with Gasteiger partial charge in [-0.25, -0.2) is 0 Å². The molecule has 1 aromatic rings. The monoisotopic (exact) mass is 203 g/mol. The summed E-state index contributed by atoms with van der Waals surface area (Å²) in [6.45, 7) is 0. The van der Waals surface area contributed by atoms with Gasteiger partial charge in [0.1, 0.15) is 11.6 Å². The first-order valence-corrected chi connectivity index (χ1v) is 3.88. The van der Waals surface area contributed by atoms with E-state index >= 15 is 0 Å². The normalized spacial score (nSPS) is 8.93. The highest BCUT2D eigenvalue weighted by Gasteiger charge is 2.22. The molecule has 0 aliphatic rings. The van der Waals surface area contributed by atoms with E-state index in [0.717, 1.165) is 6.07 Å². The Morgan fingerprint density at radius 2 is 2.13 bits per heavy atom. The van der Waals surface area contributed by atoms with E-state index in [4.69, 9.17) is 10.5 Å². The molecule has 0 aromatic heterocycles. The van der Waals surface area contributed by atoms with Gasteiger partial charge in [0, 0.05) is 0 Å². The number of aromatic hydroxyl groups is 1. The second-order valence-electron chi connectivity index (χ2n) is 2.67. The number of nitro benzene ring substituents is 1. The van der Waals surface area contributed by atoms with Gasteiger partial charge in [0.25, 0.3) is 0 Å². The van der Waals surface area contributed by atoms with Crippen LogP contribution in [-0.4, -0.2) is 10.0 Å². The SMILES string of the molecule is N#CCc1ccc(O)c([N+](=O)[O-])c1C#N. The van der Waals surface area contributed by atoms with Crippen molar-refractivity contribution in [3.63, 3.8) is 0 Å². The van der Waals surface area contributed by atoms with E-state index in [-0.39, 0.29) is 17.5 Å². The van der Waals surface area contributed by atoms with Crippen LogP contribution in [0.3, 0.4) is 0 Å². The highest BCUT2D eigenvalue weighted by atomic mass is 16.6. The molecule has 0 unspecified atom stereocenters. The number of nitriles is 2. The molecule has 0 radical (unpaired) electrons. The van der Waals surface area contributed by atoms with Gasteiger partial charge in [-0.15, -0.1) is 0 Å². The van der Waals surface area contributed by atoms with Crippen molar-refractivity contribution in [3.05, 3.63) is 33.4 Å². The fraction of sp³-hybridized carbons (Fsp3) is 0.111. The summed E-state index contributed by atoms with van der Waals surface area (Å²) < 4.78 is 0. The van der Waals surface area contributed by atoms with E-state index in [1.54, 1.807) is 12.1 Å². The molecule has 0 spiro atoms. The number of benzene rings is 1. The Balaban J connectivity index is 3.50. The number of nitro groups is 1. The van der Waals surface area contributed by atoms with Gasteiger partial charge in [0.15, 0.2) is 5.75 Å². The molecule has 0 amide bonds. The molecular formula is C9H5N3O3. The predicted octanol–water partition coefficient (Wildman–Crippen LogP) is 1.24. The maximum Gasteiger partial charge on any atom is 0.328 e. The van der Waals surface area contributed by atoms with Crippen LogP contribution in [0.5, 0.6) is 5.75 Å². The molecule has 1 N–H and O–H groups in total. The number of hydrogen-bond acceptors (Lipinski definition) is 5. The lowest BCUT2D eigenvalue weighted by Crippen LogP contribution is -1.97. The fourth-order valence-electron chi connectivity index (χ4n) is 1.16. The zero-order valence-corrected chi connectivity index (χ0v) is 7.47. The standard InChI is InChI=1S/C9H5N3O3/c10-4-3-6-1-2-8(13)9(12(14)15)7(6)5-11/h1-2,13H,3H2. The van der Waals surface area contributed by atoms with Crippen LogP contribution in [0.2, 0.25) is 0 Å². The first-order valence-electron chi connectivity index (χ1n) is 3.88. The smallest absolute Gasteiger partial charge is 0.328 e. The van der Waals surface area contributed by atoms with Crippen LogP contribution in [0.15, 0.2) is 12.1 Å². The van der Waals surface area contributed by atoms with E-state index in [2.05, 4.69) is 0 Å². The minimum absolute atomic E-state index is 0.107. The predicted molar refractivity (Wildman–Crippen MR) is 48.8 cm³/mol. The summed E-state index contributed by atoms with van der Waals surface area (Å²) in [5.74, 6) is -0.571. The highest BCUT2D eigenvalue weighted by Crippen LogP contribution is 2.31. The van der Waals surface area contributed by atoms with Crippen LogP contribution in [0.25, 0.3) is 0 Å². The largest absolute Gasteiger partial charge is 0.502 e. The second-order valence-corrected chi connectivity index (χ2v) is 2.67. The first kappa shape index (κ1) is 10.5. The van der Waals surface area contributed by atoms with Gasteiger partial charge in [0.2, 0.25) is 0 Å². The minimum Gasteiger partial charge on any atom is -0.502 e. The lowest BCUT2D eigenvalue weighted by Gasteiger charge is -2.01. The molecule has 0 atom stereocenters.